The molecule has 0 aliphatic rings. The van der Waals surface area contributed by atoms with Crippen LogP contribution in [0.4, 0.5) is 26.6 Å². The number of fused-ring (bicyclic) bond motifs is 1. The summed E-state index contributed by atoms with van der Waals surface area (Å²) < 4.78 is 14.2. The third kappa shape index (κ3) is 3.40. The van der Waals surface area contributed by atoms with Gasteiger partial charge in [-0.05, 0) is 36.4 Å². The number of hydrogen-bond acceptors (Lipinski definition) is 5. The molecule has 0 spiro atoms. The van der Waals surface area contributed by atoms with Crippen LogP contribution in [-0.4, -0.2) is 9.97 Å². The number of benzene rings is 2. The minimum absolute atomic E-state index is 0.0629. The first-order valence-corrected chi connectivity index (χ1v) is 8.67. The van der Waals surface area contributed by atoms with Gasteiger partial charge in [-0.2, -0.15) is 0 Å². The molecular weight excluding hydrogens is 359 g/mol. The van der Waals surface area contributed by atoms with E-state index in [1.54, 1.807) is 6.07 Å². The fourth-order valence-corrected chi connectivity index (χ4v) is 3.54. The number of rotatable bonds is 4. The lowest BCUT2D eigenvalue weighted by Gasteiger charge is -2.06. The summed E-state index contributed by atoms with van der Waals surface area (Å²) in [7, 11) is 0. The smallest absolute Gasteiger partial charge is 0.151 e. The zero-order valence-corrected chi connectivity index (χ0v) is 14.4. The summed E-state index contributed by atoms with van der Waals surface area (Å²) in [5.74, 6) is 0.198. The molecule has 0 saturated carbocycles. The Morgan fingerprint density at radius 1 is 0.920 bits per heavy atom. The minimum atomic E-state index is -0.453. The summed E-state index contributed by atoms with van der Waals surface area (Å²) in [6, 6.07) is 16.3. The second-order valence-electron chi connectivity index (χ2n) is 5.29. The Bertz CT molecular complexity index is 1040. The first-order chi connectivity index (χ1) is 12.2. The van der Waals surface area contributed by atoms with Gasteiger partial charge in [-0.1, -0.05) is 29.8 Å². The van der Waals surface area contributed by atoms with Crippen molar-refractivity contribution in [2.24, 2.45) is 0 Å². The van der Waals surface area contributed by atoms with Gasteiger partial charge in [0.1, 0.15) is 12.1 Å². The molecule has 2 N–H and O–H groups in total. The van der Waals surface area contributed by atoms with E-state index in [0.717, 1.165) is 20.9 Å². The van der Waals surface area contributed by atoms with Crippen molar-refractivity contribution >= 4 is 55.3 Å². The summed E-state index contributed by atoms with van der Waals surface area (Å²) in [4.78, 5) is 8.61. The second-order valence-corrected chi connectivity index (χ2v) is 6.75. The second kappa shape index (κ2) is 6.66. The van der Waals surface area contributed by atoms with Crippen molar-refractivity contribution in [3.63, 3.8) is 0 Å². The van der Waals surface area contributed by atoms with Gasteiger partial charge in [0, 0.05) is 11.4 Å². The Morgan fingerprint density at radius 2 is 1.76 bits per heavy atom. The summed E-state index contributed by atoms with van der Waals surface area (Å²) in [6.45, 7) is 0. The van der Waals surface area contributed by atoms with Gasteiger partial charge >= 0.3 is 0 Å². The molecule has 0 aliphatic carbocycles. The molecule has 0 radical (unpaired) electrons. The third-order valence-electron chi connectivity index (χ3n) is 3.53. The normalized spacial score (nSPS) is 10.8. The van der Waals surface area contributed by atoms with Gasteiger partial charge in [-0.3, -0.25) is 0 Å². The molecule has 2 aromatic carbocycles. The molecule has 4 nitrogen and oxygen atoms in total. The lowest BCUT2D eigenvalue weighted by Crippen LogP contribution is -1.94. The van der Waals surface area contributed by atoms with Crippen LogP contribution in [0.3, 0.4) is 0 Å². The molecule has 0 bridgehead atoms. The number of halogens is 2. The molecule has 0 unspecified atom stereocenters. The fourth-order valence-electron chi connectivity index (χ4n) is 2.38. The lowest BCUT2D eigenvalue weighted by atomic mass is 10.3. The maximum atomic E-state index is 13.3. The highest BCUT2D eigenvalue weighted by atomic mass is 35.5. The van der Waals surface area contributed by atoms with Crippen LogP contribution in [0.2, 0.25) is 5.02 Å². The van der Waals surface area contributed by atoms with Crippen LogP contribution < -0.4 is 10.6 Å². The zero-order chi connectivity index (χ0) is 17.2. The molecule has 4 rings (SSSR count). The Morgan fingerprint density at radius 3 is 2.56 bits per heavy atom. The van der Waals surface area contributed by atoms with Crippen LogP contribution in [-0.2, 0) is 0 Å². The molecule has 0 amide bonds. The van der Waals surface area contributed by atoms with Gasteiger partial charge in [-0.15, -0.1) is 11.3 Å². The number of thiophene rings is 1. The van der Waals surface area contributed by atoms with E-state index in [1.807, 2.05) is 36.4 Å². The van der Waals surface area contributed by atoms with E-state index in [0.29, 0.717) is 11.5 Å². The Kier molecular flexibility index (Phi) is 4.21. The van der Waals surface area contributed by atoms with Gasteiger partial charge in [0.25, 0.3) is 0 Å². The van der Waals surface area contributed by atoms with Gasteiger partial charge in [0.2, 0.25) is 0 Å². The van der Waals surface area contributed by atoms with Crippen molar-refractivity contribution in [2.45, 2.75) is 0 Å². The monoisotopic (exact) mass is 370 g/mol. The van der Waals surface area contributed by atoms with Crippen LogP contribution in [0.5, 0.6) is 0 Å². The van der Waals surface area contributed by atoms with Crippen LogP contribution in [0.25, 0.3) is 10.2 Å². The van der Waals surface area contributed by atoms with Crippen molar-refractivity contribution in [1.29, 1.82) is 0 Å². The van der Waals surface area contributed by atoms with Crippen molar-refractivity contribution < 1.29 is 4.39 Å². The van der Waals surface area contributed by atoms with E-state index >= 15 is 0 Å². The van der Waals surface area contributed by atoms with Crippen molar-refractivity contribution in [1.82, 2.24) is 9.97 Å². The van der Waals surface area contributed by atoms with E-state index in [9.17, 15) is 4.39 Å². The van der Waals surface area contributed by atoms with Crippen LogP contribution in [0, 0.1) is 5.82 Å². The molecule has 7 heteroatoms. The molecule has 0 fully saturated rings. The summed E-state index contributed by atoms with van der Waals surface area (Å²) in [5.41, 5.74) is 2.49. The van der Waals surface area contributed by atoms with Gasteiger partial charge < -0.3 is 10.6 Å². The Balaban J connectivity index is 1.66. The first kappa shape index (κ1) is 15.8. The third-order valence-corrected chi connectivity index (χ3v) is 4.87. The van der Waals surface area contributed by atoms with E-state index in [4.69, 9.17) is 11.6 Å². The quantitative estimate of drug-likeness (QED) is 0.464. The molecule has 2 aromatic heterocycles. The summed E-state index contributed by atoms with van der Waals surface area (Å²) in [5, 5.41) is 7.55. The molecule has 0 atom stereocenters. The Labute approximate surface area is 152 Å². The zero-order valence-electron chi connectivity index (χ0n) is 12.8. The number of nitrogens with one attached hydrogen (secondary N) is 2. The summed E-state index contributed by atoms with van der Waals surface area (Å²) >= 11 is 7.38. The molecule has 0 saturated heterocycles. The Hall–Kier alpha value is -2.70. The van der Waals surface area contributed by atoms with Crippen molar-refractivity contribution in [3.8, 4) is 0 Å². The van der Waals surface area contributed by atoms with Gasteiger partial charge in [0.15, 0.2) is 5.82 Å². The highest BCUT2D eigenvalue weighted by Crippen LogP contribution is 2.35. The molecule has 0 aliphatic heterocycles. The maximum absolute atomic E-state index is 13.3. The number of nitrogens with zero attached hydrogens (tertiary/aromatic N) is 2. The van der Waals surface area contributed by atoms with Crippen molar-refractivity contribution in [2.75, 3.05) is 10.6 Å². The molecule has 124 valence electrons. The number of anilines is 4. The SMILES string of the molecule is Fc1ccc(Nc2ncnc3cc(Nc4ccccc4)sc23)cc1Cl. The topological polar surface area (TPSA) is 49.8 Å². The van der Waals surface area contributed by atoms with E-state index < -0.39 is 5.82 Å². The lowest BCUT2D eigenvalue weighted by molar-refractivity contribution is 0.628. The van der Waals surface area contributed by atoms with Crippen molar-refractivity contribution in [3.05, 3.63) is 71.8 Å². The highest BCUT2D eigenvalue weighted by molar-refractivity contribution is 7.23. The predicted molar refractivity (Wildman–Crippen MR) is 102 cm³/mol. The van der Waals surface area contributed by atoms with E-state index in [1.165, 1.54) is 29.8 Å². The van der Waals surface area contributed by atoms with Gasteiger partial charge in [-0.25, -0.2) is 14.4 Å². The largest absolute Gasteiger partial charge is 0.347 e. The summed E-state index contributed by atoms with van der Waals surface area (Å²) in [6.07, 6.45) is 1.49. The first-order valence-electron chi connectivity index (χ1n) is 7.48. The minimum Gasteiger partial charge on any atom is -0.347 e. The molecule has 2 heterocycles. The number of aromatic nitrogens is 2. The fraction of sp³-hybridized carbons (Fsp3) is 0. The average Bonchev–Trinajstić information content (AvgIpc) is 3.02. The van der Waals surface area contributed by atoms with E-state index in [-0.39, 0.29) is 5.02 Å². The molecule has 4 aromatic rings. The van der Waals surface area contributed by atoms with Gasteiger partial charge in [0.05, 0.1) is 20.2 Å². The maximum Gasteiger partial charge on any atom is 0.151 e. The highest BCUT2D eigenvalue weighted by Gasteiger charge is 2.10. The number of para-hydroxylation sites is 1. The predicted octanol–water partition coefficient (Wildman–Crippen LogP) is 5.97. The van der Waals surface area contributed by atoms with E-state index in [2.05, 4.69) is 20.6 Å². The van der Waals surface area contributed by atoms with Crippen LogP contribution in [0.15, 0.2) is 60.9 Å². The standard InChI is InChI=1S/C18H12ClFN4S/c19-13-8-12(6-7-14(13)20)24-18-17-15(21-10-22-18)9-16(25-17)23-11-4-2-1-3-5-11/h1-10,23H,(H,21,22,24). The number of hydrogen-bond donors (Lipinski definition) is 2. The van der Waals surface area contributed by atoms with Crippen LogP contribution in [0.1, 0.15) is 0 Å². The average molecular weight is 371 g/mol. The molecule has 25 heavy (non-hydrogen) atoms. The van der Waals surface area contributed by atoms with Crippen LogP contribution >= 0.6 is 22.9 Å². The molecular formula is C18H12ClFN4S.